The Balaban J connectivity index is 1.37. The molecule has 3 rings (SSSR count). The molecule has 0 saturated carbocycles. The average molecular weight is 402 g/mol. The van der Waals surface area contributed by atoms with Crippen LogP contribution in [0.1, 0.15) is 0 Å². The number of para-hydroxylation sites is 1. The first kappa shape index (κ1) is 19.6. The van der Waals surface area contributed by atoms with E-state index in [0.29, 0.717) is 30.4 Å². The predicted octanol–water partition coefficient (Wildman–Crippen LogP) is 2.44. The Morgan fingerprint density at radius 3 is 2.54 bits per heavy atom. The first-order valence-corrected chi connectivity index (χ1v) is 9.42. The van der Waals surface area contributed by atoms with Crippen molar-refractivity contribution in [1.29, 1.82) is 0 Å². The van der Waals surface area contributed by atoms with Crippen LogP contribution in [-0.2, 0) is 14.3 Å². The van der Waals surface area contributed by atoms with Gasteiger partial charge in [-0.15, -0.1) is 11.8 Å². The second-order valence-corrected chi connectivity index (χ2v) is 6.67. The molecule has 146 valence electrons. The number of urea groups is 1. The van der Waals surface area contributed by atoms with Gasteiger partial charge in [0.25, 0.3) is 5.91 Å². The topological polar surface area (TPSA) is 103 Å². The van der Waals surface area contributed by atoms with Gasteiger partial charge < -0.3 is 19.5 Å². The molecule has 28 heavy (non-hydrogen) atoms. The summed E-state index contributed by atoms with van der Waals surface area (Å²) in [6.45, 7) is 0.454. The van der Waals surface area contributed by atoms with Gasteiger partial charge in [-0.2, -0.15) is 0 Å². The fourth-order valence-electron chi connectivity index (χ4n) is 2.29. The van der Waals surface area contributed by atoms with E-state index in [1.165, 1.54) is 11.8 Å². The molecule has 0 aromatic heterocycles. The highest BCUT2D eigenvalue weighted by molar-refractivity contribution is 8.00. The Kier molecular flexibility index (Phi) is 6.74. The van der Waals surface area contributed by atoms with Gasteiger partial charge in [0.15, 0.2) is 18.1 Å². The molecule has 1 heterocycles. The number of anilines is 1. The number of benzene rings is 2. The summed E-state index contributed by atoms with van der Waals surface area (Å²) < 4.78 is 15.8. The zero-order chi connectivity index (χ0) is 19.8. The number of thioether (sulfide) groups is 1. The van der Waals surface area contributed by atoms with Crippen LogP contribution >= 0.6 is 11.8 Å². The summed E-state index contributed by atoms with van der Waals surface area (Å²) in [5.74, 6) is 0.0324. The fourth-order valence-corrected chi connectivity index (χ4v) is 3.01. The summed E-state index contributed by atoms with van der Waals surface area (Å²) in [6, 6.07) is 13.3. The zero-order valence-corrected chi connectivity index (χ0v) is 15.6. The fraction of sp³-hybridized carbons (Fsp3) is 0.211. The molecule has 0 unspecified atom stereocenters. The number of hydrogen-bond donors (Lipinski definition) is 2. The Morgan fingerprint density at radius 1 is 1.00 bits per heavy atom. The highest BCUT2D eigenvalue weighted by atomic mass is 32.2. The molecule has 2 aromatic rings. The number of carbonyl (C=O) groups is 3. The van der Waals surface area contributed by atoms with E-state index in [9.17, 15) is 14.4 Å². The third-order valence-electron chi connectivity index (χ3n) is 3.52. The summed E-state index contributed by atoms with van der Waals surface area (Å²) in [6.07, 6.45) is 0. The molecule has 2 N–H and O–H groups in total. The number of fused-ring (bicyclic) bond motifs is 1. The Hall–Kier alpha value is -3.20. The van der Waals surface area contributed by atoms with Crippen molar-refractivity contribution in [2.24, 2.45) is 0 Å². The average Bonchev–Trinajstić information content (AvgIpc) is 2.71. The molecule has 0 fully saturated rings. The maximum Gasteiger partial charge on any atom is 0.325 e. The zero-order valence-electron chi connectivity index (χ0n) is 14.8. The van der Waals surface area contributed by atoms with Crippen molar-refractivity contribution in [3.05, 3.63) is 48.5 Å². The summed E-state index contributed by atoms with van der Waals surface area (Å²) in [5.41, 5.74) is 0.542. The van der Waals surface area contributed by atoms with Gasteiger partial charge in [0.05, 0.1) is 5.75 Å². The minimum Gasteiger partial charge on any atom is -0.486 e. The molecule has 0 spiro atoms. The van der Waals surface area contributed by atoms with Crippen molar-refractivity contribution in [3.8, 4) is 11.5 Å². The van der Waals surface area contributed by atoms with Crippen molar-refractivity contribution in [2.75, 3.05) is 30.9 Å². The van der Waals surface area contributed by atoms with Crippen LogP contribution in [0.5, 0.6) is 11.5 Å². The number of imide groups is 1. The quantitative estimate of drug-likeness (QED) is 0.565. The molecule has 1 aliphatic heterocycles. The van der Waals surface area contributed by atoms with Gasteiger partial charge in [0, 0.05) is 10.6 Å². The van der Waals surface area contributed by atoms with Gasteiger partial charge in [-0.3, -0.25) is 14.9 Å². The van der Waals surface area contributed by atoms with E-state index in [-0.39, 0.29) is 5.75 Å². The van der Waals surface area contributed by atoms with Gasteiger partial charge in [-0.05, 0) is 30.3 Å². The maximum atomic E-state index is 11.8. The summed E-state index contributed by atoms with van der Waals surface area (Å²) in [7, 11) is 0. The maximum absolute atomic E-state index is 11.8. The van der Waals surface area contributed by atoms with Gasteiger partial charge in [-0.1, -0.05) is 18.2 Å². The van der Waals surface area contributed by atoms with Crippen molar-refractivity contribution >= 4 is 35.4 Å². The molecule has 1 aliphatic rings. The van der Waals surface area contributed by atoms with Crippen LogP contribution in [0.2, 0.25) is 0 Å². The molecule has 0 saturated heterocycles. The number of rotatable bonds is 6. The second-order valence-electron chi connectivity index (χ2n) is 5.62. The first-order chi connectivity index (χ1) is 13.6. The van der Waals surface area contributed by atoms with Gasteiger partial charge in [0.2, 0.25) is 0 Å². The number of nitrogens with one attached hydrogen (secondary N) is 2. The van der Waals surface area contributed by atoms with E-state index in [1.54, 1.807) is 42.5 Å². The lowest BCUT2D eigenvalue weighted by Gasteiger charge is -2.18. The lowest BCUT2D eigenvalue weighted by atomic mass is 10.3. The molecule has 0 radical (unpaired) electrons. The lowest BCUT2D eigenvalue weighted by molar-refractivity contribution is -0.145. The molecule has 3 amide bonds. The number of esters is 1. The molecular formula is C19H18N2O6S. The van der Waals surface area contributed by atoms with Crippen LogP contribution in [-0.4, -0.2) is 43.5 Å². The molecule has 0 atom stereocenters. The highest BCUT2D eigenvalue weighted by Crippen LogP contribution is 2.34. The molecule has 2 aromatic carbocycles. The van der Waals surface area contributed by atoms with Gasteiger partial charge in [0.1, 0.15) is 13.2 Å². The van der Waals surface area contributed by atoms with Gasteiger partial charge >= 0.3 is 12.0 Å². The summed E-state index contributed by atoms with van der Waals surface area (Å²) in [4.78, 5) is 36.0. The summed E-state index contributed by atoms with van der Waals surface area (Å²) in [5, 5.41) is 4.58. The Labute approximate surface area is 165 Å². The summed E-state index contributed by atoms with van der Waals surface area (Å²) >= 11 is 1.25. The van der Waals surface area contributed by atoms with Crippen LogP contribution in [0.15, 0.2) is 53.4 Å². The van der Waals surface area contributed by atoms with E-state index in [2.05, 4.69) is 10.6 Å². The second kappa shape index (κ2) is 9.65. The Bertz CT molecular complexity index is 859. The van der Waals surface area contributed by atoms with Crippen LogP contribution in [0, 0.1) is 0 Å². The van der Waals surface area contributed by atoms with Gasteiger partial charge in [-0.25, -0.2) is 4.79 Å². The van der Waals surface area contributed by atoms with Crippen LogP contribution in [0.4, 0.5) is 10.5 Å². The lowest BCUT2D eigenvalue weighted by Crippen LogP contribution is -2.37. The van der Waals surface area contributed by atoms with Crippen molar-refractivity contribution < 1.29 is 28.6 Å². The molecular weight excluding hydrogens is 384 g/mol. The third-order valence-corrected chi connectivity index (χ3v) is 4.49. The van der Waals surface area contributed by atoms with Crippen LogP contribution < -0.4 is 20.1 Å². The van der Waals surface area contributed by atoms with E-state index in [4.69, 9.17) is 14.2 Å². The van der Waals surface area contributed by atoms with Crippen molar-refractivity contribution in [2.45, 2.75) is 4.90 Å². The highest BCUT2D eigenvalue weighted by Gasteiger charge is 2.14. The number of amides is 3. The largest absolute Gasteiger partial charge is 0.486 e. The van der Waals surface area contributed by atoms with E-state index in [1.807, 2.05) is 6.07 Å². The van der Waals surface area contributed by atoms with Crippen LogP contribution in [0.25, 0.3) is 0 Å². The molecule has 0 aliphatic carbocycles. The standard InChI is InChI=1S/C19H18N2O6S/c22-17(21-19(24)20-13-4-2-1-3-5-13)11-27-18(23)12-28-14-6-7-15-16(10-14)26-9-8-25-15/h1-7,10H,8-9,11-12H2,(H2,20,21,22,24). The Morgan fingerprint density at radius 2 is 1.75 bits per heavy atom. The van der Waals surface area contributed by atoms with Crippen molar-refractivity contribution in [3.63, 3.8) is 0 Å². The number of carbonyl (C=O) groups excluding carboxylic acids is 3. The molecule has 0 bridgehead atoms. The smallest absolute Gasteiger partial charge is 0.325 e. The van der Waals surface area contributed by atoms with E-state index >= 15 is 0 Å². The monoisotopic (exact) mass is 402 g/mol. The third kappa shape index (κ3) is 5.92. The normalized spacial score (nSPS) is 12.0. The number of ether oxygens (including phenoxy) is 3. The molecule has 9 heteroatoms. The SMILES string of the molecule is O=C(COC(=O)CSc1ccc2c(c1)OCCO2)NC(=O)Nc1ccccc1. The minimum absolute atomic E-state index is 0.0170. The van der Waals surface area contributed by atoms with Crippen molar-refractivity contribution in [1.82, 2.24) is 5.32 Å². The van der Waals surface area contributed by atoms with E-state index < -0.39 is 24.5 Å². The predicted molar refractivity (Wildman–Crippen MR) is 103 cm³/mol. The van der Waals surface area contributed by atoms with Crippen LogP contribution in [0.3, 0.4) is 0 Å². The number of hydrogen-bond acceptors (Lipinski definition) is 7. The van der Waals surface area contributed by atoms with E-state index in [0.717, 1.165) is 4.90 Å². The molecule has 8 nitrogen and oxygen atoms in total. The first-order valence-electron chi connectivity index (χ1n) is 8.44. The minimum atomic E-state index is -0.717.